The smallest absolute Gasteiger partial charge is 0.309 e. The summed E-state index contributed by atoms with van der Waals surface area (Å²) in [4.78, 5) is 11.3. The number of hydrogen-bond donors (Lipinski definition) is 1. The topological polar surface area (TPSA) is 55.1 Å². The molecule has 0 atom stereocenters. The summed E-state index contributed by atoms with van der Waals surface area (Å²) >= 11 is 0. The van der Waals surface area contributed by atoms with Gasteiger partial charge in [-0.3, -0.25) is 4.79 Å². The van der Waals surface area contributed by atoms with E-state index in [0.717, 1.165) is 24.1 Å². The summed E-state index contributed by atoms with van der Waals surface area (Å²) in [6.45, 7) is 0. The molecule has 0 radical (unpaired) electrons. The predicted molar refractivity (Wildman–Crippen MR) is 66.6 cm³/mol. The Morgan fingerprint density at radius 3 is 2.72 bits per heavy atom. The second kappa shape index (κ2) is 3.98. The van der Waals surface area contributed by atoms with Gasteiger partial charge in [-0.05, 0) is 37.0 Å². The van der Waals surface area contributed by atoms with Crippen LogP contribution in [0.3, 0.4) is 0 Å². The molecule has 1 fully saturated rings. The largest absolute Gasteiger partial charge is 0.481 e. The molecule has 1 aromatic heterocycles. The van der Waals surface area contributed by atoms with E-state index in [1.54, 1.807) is 10.9 Å². The highest BCUT2D eigenvalue weighted by molar-refractivity contribution is 5.78. The van der Waals surface area contributed by atoms with E-state index in [-0.39, 0.29) is 0 Å². The summed E-state index contributed by atoms with van der Waals surface area (Å²) in [7, 11) is 0. The average Bonchev–Trinajstić information content (AvgIpc) is 2.96. The number of aromatic nitrogens is 2. The molecular formula is C14H14N2O2. The van der Waals surface area contributed by atoms with Crippen molar-refractivity contribution in [2.45, 2.75) is 19.3 Å². The van der Waals surface area contributed by atoms with E-state index < -0.39 is 11.4 Å². The van der Waals surface area contributed by atoms with Crippen LogP contribution >= 0.6 is 0 Å². The molecule has 3 rings (SSSR count). The zero-order valence-corrected chi connectivity index (χ0v) is 9.91. The maximum Gasteiger partial charge on any atom is 0.309 e. The fourth-order valence-electron chi connectivity index (χ4n) is 2.28. The Hall–Kier alpha value is -2.10. The monoisotopic (exact) mass is 242 g/mol. The molecule has 0 bridgehead atoms. The van der Waals surface area contributed by atoms with Gasteiger partial charge in [-0.25, -0.2) is 4.68 Å². The highest BCUT2D eigenvalue weighted by Crippen LogP contribution is 2.49. The second-order valence-corrected chi connectivity index (χ2v) is 4.84. The molecule has 1 aliphatic rings. The number of hydrogen-bond acceptors (Lipinski definition) is 2. The lowest BCUT2D eigenvalue weighted by Crippen LogP contribution is -2.18. The van der Waals surface area contributed by atoms with Crippen LogP contribution in [0.1, 0.15) is 18.4 Å². The van der Waals surface area contributed by atoms with Gasteiger partial charge >= 0.3 is 5.97 Å². The minimum Gasteiger partial charge on any atom is -0.481 e. The van der Waals surface area contributed by atoms with Crippen LogP contribution in [-0.2, 0) is 11.2 Å². The number of aliphatic carboxylic acids is 1. The van der Waals surface area contributed by atoms with Gasteiger partial charge in [0, 0.05) is 12.4 Å². The number of benzene rings is 1. The van der Waals surface area contributed by atoms with Crippen molar-refractivity contribution in [2.75, 3.05) is 0 Å². The molecule has 0 amide bonds. The molecule has 1 aliphatic carbocycles. The van der Waals surface area contributed by atoms with Crippen LogP contribution in [0.2, 0.25) is 0 Å². The minimum atomic E-state index is -0.683. The summed E-state index contributed by atoms with van der Waals surface area (Å²) < 4.78 is 1.78. The molecule has 1 heterocycles. The van der Waals surface area contributed by atoms with E-state index in [4.69, 9.17) is 0 Å². The van der Waals surface area contributed by atoms with Crippen molar-refractivity contribution in [1.82, 2.24) is 9.78 Å². The van der Waals surface area contributed by atoms with Gasteiger partial charge in [0.2, 0.25) is 0 Å². The fourth-order valence-corrected chi connectivity index (χ4v) is 2.28. The lowest BCUT2D eigenvalue weighted by molar-refractivity contribution is -0.143. The first-order valence-corrected chi connectivity index (χ1v) is 6.03. The van der Waals surface area contributed by atoms with E-state index in [1.807, 2.05) is 36.5 Å². The van der Waals surface area contributed by atoms with E-state index in [9.17, 15) is 9.90 Å². The fraction of sp³-hybridized carbons (Fsp3) is 0.286. The maximum atomic E-state index is 11.3. The van der Waals surface area contributed by atoms with Crippen molar-refractivity contribution in [1.29, 1.82) is 0 Å². The first kappa shape index (κ1) is 11.0. The van der Waals surface area contributed by atoms with Crippen LogP contribution < -0.4 is 0 Å². The molecule has 92 valence electrons. The standard InChI is InChI=1S/C14H14N2O2/c17-13(18)14(6-7-14)10-11-4-1-2-5-12(11)16-9-3-8-15-16/h1-5,8-9H,6-7,10H2,(H,17,18). The number of nitrogens with zero attached hydrogens (tertiary/aromatic N) is 2. The van der Waals surface area contributed by atoms with E-state index in [2.05, 4.69) is 5.10 Å². The summed E-state index contributed by atoms with van der Waals surface area (Å²) in [6, 6.07) is 9.71. The van der Waals surface area contributed by atoms with Gasteiger partial charge in [0.15, 0.2) is 0 Å². The van der Waals surface area contributed by atoms with Crippen molar-refractivity contribution >= 4 is 5.97 Å². The van der Waals surface area contributed by atoms with Crippen LogP contribution in [-0.4, -0.2) is 20.9 Å². The Balaban J connectivity index is 1.96. The van der Waals surface area contributed by atoms with Gasteiger partial charge < -0.3 is 5.11 Å². The van der Waals surface area contributed by atoms with Crippen molar-refractivity contribution in [3.63, 3.8) is 0 Å². The average molecular weight is 242 g/mol. The molecule has 2 aromatic rings. The minimum absolute atomic E-state index is 0.538. The molecular weight excluding hydrogens is 228 g/mol. The first-order valence-electron chi connectivity index (χ1n) is 6.03. The van der Waals surface area contributed by atoms with Crippen molar-refractivity contribution in [3.05, 3.63) is 48.3 Å². The molecule has 0 spiro atoms. The van der Waals surface area contributed by atoms with Crippen molar-refractivity contribution in [2.24, 2.45) is 5.41 Å². The van der Waals surface area contributed by atoms with Gasteiger partial charge in [0.25, 0.3) is 0 Å². The summed E-state index contributed by atoms with van der Waals surface area (Å²) in [5.41, 5.74) is 1.47. The molecule has 1 saturated carbocycles. The Labute approximate surface area is 105 Å². The molecule has 0 unspecified atom stereocenters. The third-order valence-corrected chi connectivity index (χ3v) is 3.58. The summed E-state index contributed by atoms with van der Waals surface area (Å²) in [5.74, 6) is -0.683. The van der Waals surface area contributed by atoms with Gasteiger partial charge in [-0.2, -0.15) is 5.10 Å². The molecule has 4 heteroatoms. The van der Waals surface area contributed by atoms with E-state index in [1.165, 1.54) is 0 Å². The number of carbonyl (C=O) groups is 1. The van der Waals surface area contributed by atoms with Gasteiger partial charge in [-0.1, -0.05) is 18.2 Å². The third-order valence-electron chi connectivity index (χ3n) is 3.58. The zero-order valence-electron chi connectivity index (χ0n) is 9.91. The SMILES string of the molecule is O=C(O)C1(Cc2ccccc2-n2cccn2)CC1. The third kappa shape index (κ3) is 1.79. The Morgan fingerprint density at radius 2 is 2.11 bits per heavy atom. The van der Waals surface area contributed by atoms with Gasteiger partial charge in [0.1, 0.15) is 0 Å². The first-order chi connectivity index (χ1) is 8.71. The summed E-state index contributed by atoms with van der Waals surface area (Å²) in [6.07, 6.45) is 5.73. The molecule has 0 aliphatic heterocycles. The van der Waals surface area contributed by atoms with E-state index >= 15 is 0 Å². The second-order valence-electron chi connectivity index (χ2n) is 4.84. The van der Waals surface area contributed by atoms with Crippen LogP contribution in [0.25, 0.3) is 5.69 Å². The molecule has 4 nitrogen and oxygen atoms in total. The predicted octanol–water partition coefficient (Wildman–Crippen LogP) is 2.28. The highest BCUT2D eigenvalue weighted by atomic mass is 16.4. The molecule has 1 aromatic carbocycles. The lowest BCUT2D eigenvalue weighted by atomic mass is 9.95. The van der Waals surface area contributed by atoms with Crippen LogP contribution in [0.4, 0.5) is 0 Å². The number of rotatable bonds is 4. The highest BCUT2D eigenvalue weighted by Gasteiger charge is 2.50. The number of carboxylic acid groups (broad SMARTS) is 1. The Bertz CT molecular complexity index is 571. The van der Waals surface area contributed by atoms with Crippen LogP contribution in [0.5, 0.6) is 0 Å². The van der Waals surface area contributed by atoms with Crippen molar-refractivity contribution < 1.29 is 9.90 Å². The number of para-hydroxylation sites is 1. The normalized spacial score (nSPS) is 16.4. The summed E-state index contributed by atoms with van der Waals surface area (Å²) in [5, 5.41) is 13.5. The Morgan fingerprint density at radius 1 is 1.33 bits per heavy atom. The number of carboxylic acids is 1. The quantitative estimate of drug-likeness (QED) is 0.894. The van der Waals surface area contributed by atoms with E-state index in [0.29, 0.717) is 6.42 Å². The van der Waals surface area contributed by atoms with Gasteiger partial charge in [0.05, 0.1) is 11.1 Å². The van der Waals surface area contributed by atoms with Crippen LogP contribution in [0, 0.1) is 5.41 Å². The van der Waals surface area contributed by atoms with Crippen molar-refractivity contribution in [3.8, 4) is 5.69 Å². The molecule has 1 N–H and O–H groups in total. The van der Waals surface area contributed by atoms with Gasteiger partial charge in [-0.15, -0.1) is 0 Å². The maximum absolute atomic E-state index is 11.3. The zero-order chi connectivity index (χ0) is 12.6. The Kier molecular flexibility index (Phi) is 2.44. The van der Waals surface area contributed by atoms with Crippen LogP contribution in [0.15, 0.2) is 42.7 Å². The molecule has 0 saturated heterocycles. The molecule has 18 heavy (non-hydrogen) atoms. The lowest BCUT2D eigenvalue weighted by Gasteiger charge is -2.13.